The highest BCUT2D eigenvalue weighted by Crippen LogP contribution is 2.46. The van der Waals surface area contributed by atoms with Crippen LogP contribution < -0.4 is 0 Å². The molecular formula is C24H33N3. The van der Waals surface area contributed by atoms with Crippen LogP contribution in [0.4, 0.5) is 0 Å². The summed E-state index contributed by atoms with van der Waals surface area (Å²) in [4.78, 5) is 0. The number of rotatable bonds is 6. The van der Waals surface area contributed by atoms with Crippen molar-refractivity contribution in [3.05, 3.63) is 71.8 Å². The zero-order valence-electron chi connectivity index (χ0n) is 17.2. The Morgan fingerprint density at radius 3 is 2.41 bits per heavy atom. The lowest BCUT2D eigenvalue weighted by atomic mass is 9.74. The van der Waals surface area contributed by atoms with Gasteiger partial charge in [0.25, 0.3) is 0 Å². The van der Waals surface area contributed by atoms with E-state index in [9.17, 15) is 0 Å². The van der Waals surface area contributed by atoms with Crippen LogP contribution in [0.5, 0.6) is 0 Å². The molecule has 0 N–H and O–H groups in total. The smallest absolute Gasteiger partial charge is 0.124 e. The van der Waals surface area contributed by atoms with E-state index in [2.05, 4.69) is 75.4 Å². The van der Waals surface area contributed by atoms with Crippen molar-refractivity contribution >= 4 is 0 Å². The summed E-state index contributed by atoms with van der Waals surface area (Å²) in [6.07, 6.45) is 6.07. The molecule has 0 spiro atoms. The van der Waals surface area contributed by atoms with E-state index in [1.165, 1.54) is 22.3 Å². The number of hydrogen-bond acceptors (Lipinski definition) is 3. The fourth-order valence-corrected chi connectivity index (χ4v) is 4.36. The molecular weight excluding hydrogens is 330 g/mol. The molecule has 0 saturated heterocycles. The second kappa shape index (κ2) is 8.24. The largest absolute Gasteiger partial charge is 0.269 e. The van der Waals surface area contributed by atoms with E-state index < -0.39 is 0 Å². The molecule has 0 bridgehead atoms. The van der Waals surface area contributed by atoms with Crippen molar-refractivity contribution in [3.63, 3.8) is 0 Å². The summed E-state index contributed by atoms with van der Waals surface area (Å²) in [7, 11) is 0. The molecule has 3 rings (SSSR count). The monoisotopic (exact) mass is 363 g/mol. The number of hydrogen-bond donors (Lipinski definition) is 0. The topological polar surface area (TPSA) is 28.0 Å². The maximum Gasteiger partial charge on any atom is 0.124 e. The van der Waals surface area contributed by atoms with Crippen LogP contribution in [0.15, 0.2) is 71.1 Å². The van der Waals surface area contributed by atoms with Crippen molar-refractivity contribution in [2.24, 2.45) is 22.2 Å². The minimum Gasteiger partial charge on any atom is -0.269 e. The molecule has 144 valence electrons. The average molecular weight is 364 g/mol. The first-order valence-electron chi connectivity index (χ1n) is 10.2. The van der Waals surface area contributed by atoms with Gasteiger partial charge in [0.2, 0.25) is 0 Å². The quantitative estimate of drug-likeness (QED) is 0.557. The standard InChI is InChI=1S/C24H33N3/c1-7-18-15-22(17(5)6)20-11-9-10-12-21(20)24-23(19(18)8-2)25-26-27(24)14-13-16(3)4/h7-12,16-17,22-24H,1-2,13-15H2,3-6H3/b19-18-/t22-,23?,24?/m0/s1. The molecule has 1 aliphatic heterocycles. The Morgan fingerprint density at radius 1 is 1.11 bits per heavy atom. The Balaban J connectivity index is 2.15. The normalized spacial score (nSPS) is 27.3. The van der Waals surface area contributed by atoms with Gasteiger partial charge in [0.1, 0.15) is 12.1 Å². The molecule has 0 saturated carbocycles. The SMILES string of the molecule is C=C/C1=C(\C=C)C2N=NN(CCC(C)C)C2c2ccccc2[C@H](C(C)C)C1. The summed E-state index contributed by atoms with van der Waals surface area (Å²) < 4.78 is 0. The molecule has 0 radical (unpaired) electrons. The Bertz CT molecular complexity index is 757. The van der Waals surface area contributed by atoms with Crippen molar-refractivity contribution in [1.82, 2.24) is 5.01 Å². The van der Waals surface area contributed by atoms with E-state index in [0.717, 1.165) is 19.4 Å². The fraction of sp³-hybridized carbons (Fsp3) is 0.500. The molecule has 0 amide bonds. The van der Waals surface area contributed by atoms with Gasteiger partial charge >= 0.3 is 0 Å². The fourth-order valence-electron chi connectivity index (χ4n) is 4.36. The maximum absolute atomic E-state index is 4.71. The van der Waals surface area contributed by atoms with E-state index in [-0.39, 0.29) is 12.1 Å². The van der Waals surface area contributed by atoms with Gasteiger partial charge in [-0.3, -0.25) is 5.01 Å². The van der Waals surface area contributed by atoms with E-state index in [1.54, 1.807) is 0 Å². The molecule has 27 heavy (non-hydrogen) atoms. The molecule has 1 aliphatic carbocycles. The van der Waals surface area contributed by atoms with Gasteiger partial charge in [0.05, 0.1) is 0 Å². The minimum atomic E-state index is -0.00285. The third-order valence-corrected chi connectivity index (χ3v) is 5.96. The van der Waals surface area contributed by atoms with Gasteiger partial charge in [-0.15, -0.1) is 0 Å². The molecule has 3 nitrogen and oxygen atoms in total. The van der Waals surface area contributed by atoms with E-state index in [4.69, 9.17) is 5.11 Å². The zero-order chi connectivity index (χ0) is 19.6. The van der Waals surface area contributed by atoms with Crippen LogP contribution in [0.3, 0.4) is 0 Å². The summed E-state index contributed by atoms with van der Waals surface area (Å²) in [5.74, 6) is 1.64. The Kier molecular flexibility index (Phi) is 5.98. The summed E-state index contributed by atoms with van der Waals surface area (Å²) in [6, 6.07) is 9.04. The van der Waals surface area contributed by atoms with Crippen molar-refractivity contribution < 1.29 is 0 Å². The third-order valence-electron chi connectivity index (χ3n) is 5.96. The molecule has 1 heterocycles. The predicted molar refractivity (Wildman–Crippen MR) is 114 cm³/mol. The predicted octanol–water partition coefficient (Wildman–Crippen LogP) is 6.64. The zero-order valence-corrected chi connectivity index (χ0v) is 17.2. The second-order valence-electron chi connectivity index (χ2n) is 8.51. The molecule has 1 aromatic carbocycles. The van der Waals surface area contributed by atoms with Gasteiger partial charge in [0.15, 0.2) is 0 Å². The van der Waals surface area contributed by atoms with E-state index >= 15 is 0 Å². The molecule has 2 unspecified atom stereocenters. The van der Waals surface area contributed by atoms with E-state index in [1.807, 2.05) is 12.2 Å². The molecule has 3 atom stereocenters. The van der Waals surface area contributed by atoms with Gasteiger partial charge in [-0.25, -0.2) is 0 Å². The Morgan fingerprint density at radius 2 is 1.81 bits per heavy atom. The number of benzene rings is 1. The van der Waals surface area contributed by atoms with Crippen LogP contribution in [0.1, 0.15) is 63.6 Å². The van der Waals surface area contributed by atoms with Gasteiger partial charge in [-0.2, -0.15) is 5.11 Å². The molecule has 0 aromatic heterocycles. The van der Waals surface area contributed by atoms with Crippen LogP contribution in [0.2, 0.25) is 0 Å². The van der Waals surface area contributed by atoms with Gasteiger partial charge in [-0.1, -0.05) is 82.5 Å². The first-order chi connectivity index (χ1) is 13.0. The molecule has 2 aliphatic rings. The van der Waals surface area contributed by atoms with Crippen molar-refractivity contribution in [2.45, 2.75) is 58.5 Å². The van der Waals surface area contributed by atoms with Gasteiger partial charge < -0.3 is 0 Å². The minimum absolute atomic E-state index is 0.00285. The third kappa shape index (κ3) is 3.78. The van der Waals surface area contributed by atoms with Gasteiger partial charge in [0, 0.05) is 6.54 Å². The highest BCUT2D eigenvalue weighted by molar-refractivity contribution is 5.46. The highest BCUT2D eigenvalue weighted by atomic mass is 15.6. The average Bonchev–Trinajstić information content (AvgIpc) is 3.04. The lowest BCUT2D eigenvalue weighted by molar-refractivity contribution is 0.212. The van der Waals surface area contributed by atoms with Crippen LogP contribution in [-0.4, -0.2) is 17.6 Å². The Hall–Kier alpha value is -2.16. The summed E-state index contributed by atoms with van der Waals surface area (Å²) >= 11 is 0. The van der Waals surface area contributed by atoms with Crippen molar-refractivity contribution in [1.29, 1.82) is 0 Å². The van der Waals surface area contributed by atoms with Crippen molar-refractivity contribution in [3.8, 4) is 0 Å². The number of nitrogens with zero attached hydrogens (tertiary/aromatic N) is 3. The second-order valence-corrected chi connectivity index (χ2v) is 8.51. The van der Waals surface area contributed by atoms with Gasteiger partial charge in [-0.05, 0) is 52.9 Å². The number of allylic oxidation sites excluding steroid dienone is 2. The van der Waals surface area contributed by atoms with E-state index in [0.29, 0.717) is 17.8 Å². The van der Waals surface area contributed by atoms with Crippen molar-refractivity contribution in [2.75, 3.05) is 6.54 Å². The first kappa shape index (κ1) is 19.6. The highest BCUT2D eigenvalue weighted by Gasteiger charge is 2.40. The summed E-state index contributed by atoms with van der Waals surface area (Å²) in [6.45, 7) is 18.3. The van der Waals surface area contributed by atoms with Crippen LogP contribution in [0, 0.1) is 11.8 Å². The lowest BCUT2D eigenvalue weighted by Crippen LogP contribution is -2.32. The molecule has 0 fully saturated rings. The van der Waals surface area contributed by atoms with Crippen LogP contribution in [-0.2, 0) is 0 Å². The van der Waals surface area contributed by atoms with Crippen LogP contribution >= 0.6 is 0 Å². The van der Waals surface area contributed by atoms with Crippen LogP contribution in [0.25, 0.3) is 0 Å². The lowest BCUT2D eigenvalue weighted by Gasteiger charge is -2.35. The summed E-state index contributed by atoms with van der Waals surface area (Å²) in [5, 5.41) is 11.5. The first-order valence-corrected chi connectivity index (χ1v) is 10.2. The summed E-state index contributed by atoms with van der Waals surface area (Å²) in [5.41, 5.74) is 5.26. The molecule has 1 aromatic rings. The Labute approximate surface area is 164 Å². The number of fused-ring (bicyclic) bond motifs is 3. The molecule has 3 heteroatoms. The maximum atomic E-state index is 4.71.